The summed E-state index contributed by atoms with van der Waals surface area (Å²) in [5, 5.41) is 0. The molecule has 0 aromatic carbocycles. The maximum absolute atomic E-state index is 5.28. The number of hydrogen-bond donors (Lipinski definition) is 0. The van der Waals surface area contributed by atoms with E-state index >= 15 is 0 Å². The Morgan fingerprint density at radius 2 is 1.90 bits per heavy atom. The minimum Gasteiger partial charge on any atom is -0.120 e. The van der Waals surface area contributed by atoms with Gasteiger partial charge in [0, 0.05) is 6.04 Å². The second kappa shape index (κ2) is 3.83. The Morgan fingerprint density at radius 1 is 1.40 bits per heavy atom. The maximum Gasteiger partial charge on any atom is 0.0606 e. The van der Waals surface area contributed by atoms with Gasteiger partial charge in [-0.2, -0.15) is 0 Å². The Balaban J connectivity index is 3.77. The normalized spacial score (nSPS) is 11.6. The molecule has 0 amide bonds. The summed E-state index contributed by atoms with van der Waals surface area (Å²) in [6.07, 6.45) is 5.28. The van der Waals surface area contributed by atoms with E-state index in [0.717, 1.165) is 12.0 Å². The molecule has 0 saturated heterocycles. The van der Waals surface area contributed by atoms with Crippen molar-refractivity contribution >= 4 is 8.07 Å². The fraction of sp³-hybridized carbons (Fsp3) is 0.778. The Morgan fingerprint density at radius 3 is 2.20 bits per heavy atom. The highest BCUT2D eigenvalue weighted by atomic mass is 28.3. The molecule has 0 bridgehead atoms. The summed E-state index contributed by atoms with van der Waals surface area (Å²) < 4.78 is 0. The summed E-state index contributed by atoms with van der Waals surface area (Å²) >= 11 is 0. The molecule has 0 atom stereocenters. The minimum absolute atomic E-state index is 0.815. The molecule has 0 unspecified atom stereocenters. The lowest BCUT2D eigenvalue weighted by molar-refractivity contribution is 0.719. The average Bonchev–Trinajstić information content (AvgIpc) is 1.59. The summed E-state index contributed by atoms with van der Waals surface area (Å²) in [6, 6.07) is 2.39. The van der Waals surface area contributed by atoms with E-state index in [9.17, 15) is 0 Å². The molecule has 0 rings (SSSR count). The molecule has 0 N–H and O–H groups in total. The van der Waals surface area contributed by atoms with Gasteiger partial charge in [0.1, 0.15) is 0 Å². The van der Waals surface area contributed by atoms with Gasteiger partial charge in [0.05, 0.1) is 8.07 Å². The van der Waals surface area contributed by atoms with Crippen LogP contribution in [0.2, 0.25) is 25.2 Å². The molecule has 0 aliphatic rings. The van der Waals surface area contributed by atoms with Gasteiger partial charge in [0.2, 0.25) is 0 Å². The van der Waals surface area contributed by atoms with Crippen molar-refractivity contribution in [1.29, 1.82) is 0 Å². The van der Waals surface area contributed by atoms with Gasteiger partial charge in [-0.15, -0.1) is 12.3 Å². The van der Waals surface area contributed by atoms with Crippen molar-refractivity contribution in [1.82, 2.24) is 0 Å². The van der Waals surface area contributed by atoms with E-state index in [2.05, 4.69) is 32.9 Å². The molecular weight excluding hydrogens is 136 g/mol. The van der Waals surface area contributed by atoms with Gasteiger partial charge in [-0.3, -0.25) is 0 Å². The summed E-state index contributed by atoms with van der Waals surface area (Å²) in [5.41, 5.74) is 0. The van der Waals surface area contributed by atoms with Crippen molar-refractivity contribution < 1.29 is 0 Å². The van der Waals surface area contributed by atoms with Crippen LogP contribution in [0, 0.1) is 18.3 Å². The fourth-order valence-electron chi connectivity index (χ4n) is 1.45. The van der Waals surface area contributed by atoms with Crippen LogP contribution in [-0.2, 0) is 0 Å². The molecule has 0 spiro atoms. The second-order valence-electron chi connectivity index (χ2n) is 4.14. The van der Waals surface area contributed by atoms with E-state index in [0.29, 0.717) is 0 Å². The Labute approximate surface area is 66.0 Å². The van der Waals surface area contributed by atoms with E-state index in [-0.39, 0.29) is 0 Å². The Bertz CT molecular complexity index is 128. The lowest BCUT2D eigenvalue weighted by Gasteiger charge is -2.21. The summed E-state index contributed by atoms with van der Waals surface area (Å²) in [6.45, 7) is 9.27. The van der Waals surface area contributed by atoms with Crippen molar-refractivity contribution in [3.8, 4) is 12.3 Å². The van der Waals surface area contributed by atoms with Crippen molar-refractivity contribution in [3.05, 3.63) is 0 Å². The van der Waals surface area contributed by atoms with Crippen molar-refractivity contribution in [2.24, 2.45) is 5.92 Å². The molecule has 0 saturated carbocycles. The second-order valence-corrected chi connectivity index (χ2v) is 9.23. The third-order valence-electron chi connectivity index (χ3n) is 1.54. The number of rotatable bonds is 3. The van der Waals surface area contributed by atoms with Gasteiger partial charge in [-0.05, 0) is 5.92 Å². The van der Waals surface area contributed by atoms with Crippen LogP contribution in [0.25, 0.3) is 0 Å². The Kier molecular flexibility index (Phi) is 3.74. The molecule has 0 aromatic rings. The summed E-state index contributed by atoms with van der Waals surface area (Å²) in [7, 11) is -1.00. The Hall–Kier alpha value is -0.223. The van der Waals surface area contributed by atoms with E-state index in [1.807, 2.05) is 0 Å². The quantitative estimate of drug-likeness (QED) is 0.433. The van der Waals surface area contributed by atoms with E-state index in [1.165, 1.54) is 6.04 Å². The first-order valence-electron chi connectivity index (χ1n) is 3.91. The minimum atomic E-state index is -1.00. The number of terminal acetylenes is 1. The van der Waals surface area contributed by atoms with Gasteiger partial charge in [0.25, 0.3) is 0 Å². The maximum atomic E-state index is 5.28. The van der Waals surface area contributed by atoms with Gasteiger partial charge >= 0.3 is 0 Å². The standard InChI is InChI=1S/C9H18Si/c1-6-7-10(4,5)8-9(2)3/h1,9H,7-8H2,2-5H3. The zero-order chi connectivity index (χ0) is 8.20. The van der Waals surface area contributed by atoms with Gasteiger partial charge in [-0.1, -0.05) is 33.0 Å². The van der Waals surface area contributed by atoms with Gasteiger partial charge in [-0.25, -0.2) is 0 Å². The molecule has 0 fully saturated rings. The van der Waals surface area contributed by atoms with Crippen LogP contribution in [0.1, 0.15) is 13.8 Å². The average molecular weight is 154 g/mol. The van der Waals surface area contributed by atoms with E-state index in [4.69, 9.17) is 6.42 Å². The molecule has 0 aliphatic heterocycles. The van der Waals surface area contributed by atoms with Crippen LogP contribution in [0.3, 0.4) is 0 Å². The van der Waals surface area contributed by atoms with Crippen LogP contribution in [0.4, 0.5) is 0 Å². The third-order valence-corrected chi connectivity index (χ3v) is 4.62. The lowest BCUT2D eigenvalue weighted by Crippen LogP contribution is -2.25. The third kappa shape index (κ3) is 4.64. The lowest BCUT2D eigenvalue weighted by atomic mass is 10.3. The van der Waals surface area contributed by atoms with Crippen LogP contribution >= 0.6 is 0 Å². The molecule has 0 heterocycles. The molecule has 10 heavy (non-hydrogen) atoms. The zero-order valence-corrected chi connectivity index (χ0v) is 8.57. The highest BCUT2D eigenvalue weighted by Crippen LogP contribution is 2.19. The van der Waals surface area contributed by atoms with E-state index in [1.54, 1.807) is 0 Å². The fourth-order valence-corrected chi connectivity index (χ4v) is 4.36. The monoisotopic (exact) mass is 154 g/mol. The van der Waals surface area contributed by atoms with E-state index < -0.39 is 8.07 Å². The molecule has 0 nitrogen and oxygen atoms in total. The van der Waals surface area contributed by atoms with Gasteiger partial charge in [0.15, 0.2) is 0 Å². The molecule has 1 heteroatoms. The zero-order valence-electron chi connectivity index (χ0n) is 7.57. The van der Waals surface area contributed by atoms with Crippen LogP contribution in [0.5, 0.6) is 0 Å². The molecule has 0 aliphatic carbocycles. The first-order valence-corrected chi connectivity index (χ1v) is 7.33. The first-order chi connectivity index (χ1) is 4.48. The first kappa shape index (κ1) is 9.78. The van der Waals surface area contributed by atoms with Crippen molar-refractivity contribution in [2.75, 3.05) is 0 Å². The van der Waals surface area contributed by atoms with Crippen molar-refractivity contribution in [3.63, 3.8) is 0 Å². The highest BCUT2D eigenvalue weighted by molar-refractivity contribution is 6.78. The smallest absolute Gasteiger partial charge is 0.0606 e. The van der Waals surface area contributed by atoms with Crippen LogP contribution in [-0.4, -0.2) is 8.07 Å². The summed E-state index contributed by atoms with van der Waals surface area (Å²) in [5.74, 6) is 3.59. The van der Waals surface area contributed by atoms with Crippen LogP contribution < -0.4 is 0 Å². The topological polar surface area (TPSA) is 0 Å². The molecule has 0 radical (unpaired) electrons. The largest absolute Gasteiger partial charge is 0.120 e. The van der Waals surface area contributed by atoms with Crippen LogP contribution in [0.15, 0.2) is 0 Å². The number of hydrogen-bond acceptors (Lipinski definition) is 0. The molecular formula is C9H18Si. The summed E-state index contributed by atoms with van der Waals surface area (Å²) in [4.78, 5) is 0. The predicted octanol–water partition coefficient (Wildman–Crippen LogP) is 2.98. The van der Waals surface area contributed by atoms with Gasteiger partial charge < -0.3 is 0 Å². The molecule has 0 aromatic heterocycles. The van der Waals surface area contributed by atoms with Crippen molar-refractivity contribution in [2.45, 2.75) is 39.0 Å². The SMILES string of the molecule is C#CC[Si](C)(C)CC(C)C. The highest BCUT2D eigenvalue weighted by Gasteiger charge is 2.19. The molecule has 58 valence electrons. The predicted molar refractivity (Wildman–Crippen MR) is 50.8 cm³/mol.